The monoisotopic (exact) mass is 635 g/mol. The number of ether oxygens (including phenoxy) is 1. The maximum absolute atomic E-state index is 13.4. The van der Waals surface area contributed by atoms with Gasteiger partial charge in [-0.15, -0.1) is 0 Å². The Morgan fingerprint density at radius 1 is 0.778 bits per heavy atom. The number of aliphatic carboxylic acids is 1. The molecule has 0 saturated carbocycles. The zero-order chi connectivity index (χ0) is 33.1. The highest BCUT2D eigenvalue weighted by atomic mass is 35.5. The molecule has 3 rings (SSSR count). The number of halogens is 1. The largest absolute Gasteiger partial charge is 0.478 e. The standard InChI is InChI=1S/C29H41NO4.C9H9ClO/c1-4-6-7-8-12-20-29(30,26(31)19-18-23-14-10-9-11-15-23)22-24-16-13-17-25(21-24)34-28(3,5-2)27(32)33;10-9(11)7-6-8-4-2-1-3-5-8/h9-11,13-17,21H,4-8,12,18-20,22,30H2,1-3H3,(H,32,33);1-5H,6-7H2. The van der Waals surface area contributed by atoms with E-state index in [1.165, 1.54) is 12.8 Å². The van der Waals surface area contributed by atoms with E-state index in [1.807, 2.05) is 78.9 Å². The van der Waals surface area contributed by atoms with Gasteiger partial charge in [-0.05, 0) is 79.5 Å². The van der Waals surface area contributed by atoms with Crippen LogP contribution in [0.5, 0.6) is 5.75 Å². The number of rotatable bonds is 19. The highest BCUT2D eigenvalue weighted by molar-refractivity contribution is 6.63. The first-order chi connectivity index (χ1) is 21.5. The average molecular weight is 636 g/mol. The van der Waals surface area contributed by atoms with Crippen LogP contribution in [0.25, 0.3) is 0 Å². The lowest BCUT2D eigenvalue weighted by atomic mass is 9.80. The van der Waals surface area contributed by atoms with Crippen molar-refractivity contribution in [2.45, 2.75) is 109 Å². The van der Waals surface area contributed by atoms with Gasteiger partial charge < -0.3 is 15.6 Å². The van der Waals surface area contributed by atoms with E-state index in [9.17, 15) is 19.5 Å². The molecule has 0 bridgehead atoms. The van der Waals surface area contributed by atoms with E-state index in [2.05, 4.69) is 6.92 Å². The summed E-state index contributed by atoms with van der Waals surface area (Å²) in [4.78, 5) is 35.4. The number of Topliss-reactive ketones (excluding diaryl/α,β-unsaturated/α-hetero) is 1. The van der Waals surface area contributed by atoms with Crippen LogP contribution >= 0.6 is 11.6 Å². The number of hydrogen-bond donors (Lipinski definition) is 2. The maximum atomic E-state index is 13.4. The SMILES string of the molecule is CCCCCCCC(N)(Cc1cccc(OC(C)(CC)C(=O)O)c1)C(=O)CCc1ccccc1.O=C(Cl)CCc1ccccc1. The molecule has 6 nitrogen and oxygen atoms in total. The zero-order valence-electron chi connectivity index (χ0n) is 27.1. The summed E-state index contributed by atoms with van der Waals surface area (Å²) >= 11 is 5.19. The minimum absolute atomic E-state index is 0.0714. The van der Waals surface area contributed by atoms with Crippen LogP contribution < -0.4 is 10.5 Å². The Bertz CT molecular complexity index is 1320. The molecule has 0 amide bonds. The fourth-order valence-electron chi connectivity index (χ4n) is 5.02. The summed E-state index contributed by atoms with van der Waals surface area (Å²) in [6.07, 6.45) is 9.10. The quantitative estimate of drug-likeness (QED) is 0.101. The van der Waals surface area contributed by atoms with Gasteiger partial charge in [-0.2, -0.15) is 0 Å². The lowest BCUT2D eigenvalue weighted by molar-refractivity contribution is -0.154. The first-order valence-electron chi connectivity index (χ1n) is 16.1. The summed E-state index contributed by atoms with van der Waals surface area (Å²) in [6.45, 7) is 5.54. The minimum Gasteiger partial charge on any atom is -0.478 e. The number of carboxylic acids is 1. The summed E-state index contributed by atoms with van der Waals surface area (Å²) in [6, 6.07) is 27.2. The van der Waals surface area contributed by atoms with Crippen molar-refractivity contribution >= 4 is 28.6 Å². The van der Waals surface area contributed by atoms with E-state index in [4.69, 9.17) is 22.1 Å². The first-order valence-corrected chi connectivity index (χ1v) is 16.5. The molecule has 45 heavy (non-hydrogen) atoms. The molecule has 0 spiro atoms. The van der Waals surface area contributed by atoms with Gasteiger partial charge in [-0.25, -0.2) is 4.79 Å². The van der Waals surface area contributed by atoms with Crippen molar-refractivity contribution in [1.82, 2.24) is 0 Å². The molecule has 0 aromatic heterocycles. The second-order valence-electron chi connectivity index (χ2n) is 11.9. The van der Waals surface area contributed by atoms with Crippen LogP contribution in [-0.4, -0.2) is 33.2 Å². The molecule has 2 unspecified atom stereocenters. The number of nitrogens with two attached hydrogens (primary N) is 1. The normalized spacial score (nSPS) is 13.4. The predicted molar refractivity (Wildman–Crippen MR) is 183 cm³/mol. The van der Waals surface area contributed by atoms with Crippen LogP contribution in [-0.2, 0) is 33.6 Å². The van der Waals surface area contributed by atoms with Crippen LogP contribution in [0.1, 0.15) is 95.2 Å². The molecule has 3 N–H and O–H groups in total. The van der Waals surface area contributed by atoms with Crippen molar-refractivity contribution in [2.75, 3.05) is 0 Å². The third kappa shape index (κ3) is 14.0. The Kier molecular flexibility index (Phi) is 16.6. The van der Waals surface area contributed by atoms with E-state index < -0.39 is 17.1 Å². The lowest BCUT2D eigenvalue weighted by Crippen LogP contribution is -2.50. The molecule has 7 heteroatoms. The Balaban J connectivity index is 0.000000537. The van der Waals surface area contributed by atoms with Gasteiger partial charge in [0.05, 0.1) is 5.54 Å². The van der Waals surface area contributed by atoms with Crippen LogP contribution in [0.3, 0.4) is 0 Å². The van der Waals surface area contributed by atoms with Gasteiger partial charge in [-0.1, -0.05) is 119 Å². The average Bonchev–Trinajstić information content (AvgIpc) is 3.03. The molecule has 0 aliphatic carbocycles. The first kappa shape index (κ1) is 37.7. The van der Waals surface area contributed by atoms with Gasteiger partial charge in [0.1, 0.15) is 5.75 Å². The molecule has 3 aromatic rings. The Morgan fingerprint density at radius 3 is 1.87 bits per heavy atom. The van der Waals surface area contributed by atoms with Gasteiger partial charge >= 0.3 is 5.97 Å². The third-order valence-corrected chi connectivity index (χ3v) is 8.30. The molecule has 0 radical (unpaired) electrons. The predicted octanol–water partition coefficient (Wildman–Crippen LogP) is 8.51. The number of carbonyl (C=O) groups is 3. The number of ketones is 1. The second-order valence-corrected chi connectivity index (χ2v) is 12.3. The van der Waals surface area contributed by atoms with Crippen LogP contribution in [0.4, 0.5) is 0 Å². The summed E-state index contributed by atoms with van der Waals surface area (Å²) in [5.74, 6) is -0.454. The van der Waals surface area contributed by atoms with E-state index >= 15 is 0 Å². The Hall–Kier alpha value is -3.48. The van der Waals surface area contributed by atoms with E-state index in [0.717, 1.165) is 42.4 Å². The smallest absolute Gasteiger partial charge is 0.347 e. The molecule has 0 fully saturated rings. The van der Waals surface area contributed by atoms with Crippen LogP contribution in [0, 0.1) is 0 Å². The molecular formula is C38H50ClNO5. The molecule has 2 atom stereocenters. The fraction of sp³-hybridized carbons (Fsp3) is 0.447. The van der Waals surface area contributed by atoms with Crippen LogP contribution in [0.2, 0.25) is 0 Å². The topological polar surface area (TPSA) is 107 Å². The van der Waals surface area contributed by atoms with Crippen molar-refractivity contribution in [3.05, 3.63) is 102 Å². The Morgan fingerprint density at radius 2 is 1.33 bits per heavy atom. The summed E-state index contributed by atoms with van der Waals surface area (Å²) < 4.78 is 5.83. The Labute approximate surface area is 274 Å². The number of benzene rings is 3. The molecule has 0 aliphatic heterocycles. The fourth-order valence-corrected chi connectivity index (χ4v) is 5.11. The van der Waals surface area contributed by atoms with Gasteiger partial charge in [0.25, 0.3) is 0 Å². The molecular weight excluding hydrogens is 586 g/mol. The van der Waals surface area contributed by atoms with Crippen molar-refractivity contribution in [1.29, 1.82) is 0 Å². The van der Waals surface area contributed by atoms with Crippen LogP contribution in [0.15, 0.2) is 84.9 Å². The summed E-state index contributed by atoms with van der Waals surface area (Å²) in [5, 5.41) is 9.27. The lowest BCUT2D eigenvalue weighted by Gasteiger charge is -2.29. The zero-order valence-corrected chi connectivity index (χ0v) is 27.9. The van der Waals surface area contributed by atoms with Gasteiger partial charge in [0, 0.05) is 12.8 Å². The van der Waals surface area contributed by atoms with E-state index in [0.29, 0.717) is 44.3 Å². The molecule has 244 valence electrons. The van der Waals surface area contributed by atoms with Crippen molar-refractivity contribution < 1.29 is 24.2 Å². The van der Waals surface area contributed by atoms with Gasteiger partial charge in [0.15, 0.2) is 5.78 Å². The van der Waals surface area contributed by atoms with E-state index in [-0.39, 0.29) is 11.0 Å². The molecule has 0 heterocycles. The molecule has 3 aromatic carbocycles. The van der Waals surface area contributed by atoms with E-state index in [1.54, 1.807) is 19.9 Å². The number of carboxylic acid groups (broad SMARTS) is 1. The minimum atomic E-state index is -1.30. The second kappa shape index (κ2) is 19.8. The van der Waals surface area contributed by atoms with Crippen molar-refractivity contribution in [2.24, 2.45) is 5.73 Å². The van der Waals surface area contributed by atoms with Crippen molar-refractivity contribution in [3.8, 4) is 5.75 Å². The third-order valence-electron chi connectivity index (χ3n) is 8.11. The summed E-state index contributed by atoms with van der Waals surface area (Å²) in [5.41, 5.74) is 7.72. The molecule has 0 saturated heterocycles. The van der Waals surface area contributed by atoms with Gasteiger partial charge in [-0.3, -0.25) is 9.59 Å². The van der Waals surface area contributed by atoms with Gasteiger partial charge in [0.2, 0.25) is 10.8 Å². The summed E-state index contributed by atoms with van der Waals surface area (Å²) in [7, 11) is 0. The number of aryl methyl sites for hydroxylation is 2. The number of carbonyl (C=O) groups excluding carboxylic acids is 2. The maximum Gasteiger partial charge on any atom is 0.347 e. The van der Waals surface area contributed by atoms with Crippen molar-refractivity contribution in [3.63, 3.8) is 0 Å². The molecule has 0 aliphatic rings. The highest BCUT2D eigenvalue weighted by Crippen LogP contribution is 2.27. The number of unbranched alkanes of at least 4 members (excludes halogenated alkanes) is 4. The highest BCUT2D eigenvalue weighted by Gasteiger charge is 2.35. The number of hydrogen-bond acceptors (Lipinski definition) is 5.